The predicted molar refractivity (Wildman–Crippen MR) is 46.5 cm³/mol. The number of halogens is 5. The molecule has 0 atom stereocenters. The Morgan fingerprint density at radius 2 is 1.93 bits per heavy atom. The number of hydrogen-bond acceptors (Lipinski definition) is 2. The van der Waals surface area contributed by atoms with Gasteiger partial charge in [-0.2, -0.15) is 9.78 Å². The van der Waals surface area contributed by atoms with E-state index in [0.29, 0.717) is 6.20 Å². The number of nitrogens with zero attached hydrogens (tertiary/aromatic N) is 2. The van der Waals surface area contributed by atoms with Crippen LogP contribution >= 0.6 is 24.8 Å². The van der Waals surface area contributed by atoms with Crippen molar-refractivity contribution in [2.45, 2.75) is 6.30 Å². The van der Waals surface area contributed by atoms with Gasteiger partial charge in [0.05, 0.1) is 11.8 Å². The molecule has 1 aromatic heterocycles. The number of amides is 1. The third-order valence-corrected chi connectivity index (χ3v) is 1.13. The van der Waals surface area contributed by atoms with Gasteiger partial charge in [-0.3, -0.25) is 4.79 Å². The minimum Gasteiger partial charge on any atom is -0.366 e. The Balaban J connectivity index is 0. The SMILES string of the molecule is Cl.Cl.NC(=O)c1cnn(C(F)(F)F)c1. The van der Waals surface area contributed by atoms with E-state index in [4.69, 9.17) is 5.73 Å². The molecule has 1 amide bonds. The van der Waals surface area contributed by atoms with Crippen molar-refractivity contribution in [2.24, 2.45) is 5.73 Å². The number of nitrogens with two attached hydrogens (primary N) is 1. The molecule has 0 saturated carbocycles. The fraction of sp³-hybridized carbons (Fsp3) is 0.200. The van der Waals surface area contributed by atoms with E-state index in [-0.39, 0.29) is 35.1 Å². The standard InChI is InChI=1S/C5H4F3N3O.2ClH/c6-5(7,8)11-2-3(1-10-11)4(9)12;;/h1-2H,(H2,9,12);2*1H. The Morgan fingerprint density at radius 3 is 2.14 bits per heavy atom. The lowest BCUT2D eigenvalue weighted by Crippen LogP contribution is -2.17. The number of aromatic nitrogens is 2. The first-order valence-electron chi connectivity index (χ1n) is 2.83. The molecule has 1 heterocycles. The summed E-state index contributed by atoms with van der Waals surface area (Å²) in [5, 5.41) is 2.90. The maximum atomic E-state index is 11.8. The van der Waals surface area contributed by atoms with Gasteiger partial charge in [0.2, 0.25) is 0 Å². The first kappa shape index (κ1) is 15.5. The lowest BCUT2D eigenvalue weighted by molar-refractivity contribution is -0.212. The summed E-state index contributed by atoms with van der Waals surface area (Å²) in [6.45, 7) is 0. The molecular formula is C5H6Cl2F3N3O. The molecule has 0 aliphatic rings. The van der Waals surface area contributed by atoms with E-state index in [0.717, 1.165) is 6.20 Å². The Kier molecular flexibility index (Phi) is 5.61. The topological polar surface area (TPSA) is 60.9 Å². The number of alkyl halides is 3. The molecule has 0 bridgehead atoms. The molecular weight excluding hydrogens is 246 g/mol. The van der Waals surface area contributed by atoms with Gasteiger partial charge in [-0.25, -0.2) is 0 Å². The van der Waals surface area contributed by atoms with Crippen LogP contribution in [0, 0.1) is 0 Å². The minimum atomic E-state index is -4.60. The van der Waals surface area contributed by atoms with Gasteiger partial charge in [0, 0.05) is 6.20 Å². The number of carbonyl (C=O) groups excluding carboxylic acids is 1. The van der Waals surface area contributed by atoms with Gasteiger partial charge in [0.15, 0.2) is 0 Å². The average Bonchev–Trinajstić information content (AvgIpc) is 2.30. The quantitative estimate of drug-likeness (QED) is 0.818. The molecule has 0 radical (unpaired) electrons. The smallest absolute Gasteiger partial charge is 0.366 e. The van der Waals surface area contributed by atoms with Crippen molar-refractivity contribution < 1.29 is 18.0 Å². The summed E-state index contributed by atoms with van der Waals surface area (Å²) in [6, 6.07) is 0. The normalized spacial score (nSPS) is 9.93. The third-order valence-electron chi connectivity index (χ3n) is 1.13. The number of hydrogen-bond donors (Lipinski definition) is 1. The second-order valence-corrected chi connectivity index (χ2v) is 2.01. The zero-order valence-corrected chi connectivity index (χ0v) is 8.12. The van der Waals surface area contributed by atoms with E-state index in [2.05, 4.69) is 5.10 Å². The van der Waals surface area contributed by atoms with Crippen LogP contribution in [0.1, 0.15) is 10.4 Å². The average molecular weight is 252 g/mol. The van der Waals surface area contributed by atoms with Gasteiger partial charge in [-0.05, 0) is 0 Å². The van der Waals surface area contributed by atoms with Gasteiger partial charge in [0.1, 0.15) is 0 Å². The molecule has 0 saturated heterocycles. The summed E-state index contributed by atoms with van der Waals surface area (Å²) in [4.78, 5) is 10.3. The van der Waals surface area contributed by atoms with Crippen molar-refractivity contribution in [2.75, 3.05) is 0 Å². The van der Waals surface area contributed by atoms with Crippen LogP contribution in [-0.2, 0) is 6.30 Å². The summed E-state index contributed by atoms with van der Waals surface area (Å²) >= 11 is 0. The fourth-order valence-electron chi connectivity index (χ4n) is 0.589. The van der Waals surface area contributed by atoms with Crippen molar-refractivity contribution in [3.05, 3.63) is 18.0 Å². The zero-order chi connectivity index (χ0) is 9.35. The molecule has 4 nitrogen and oxygen atoms in total. The summed E-state index contributed by atoms with van der Waals surface area (Å²) in [5.74, 6) is -0.939. The Labute approximate surface area is 89.1 Å². The Morgan fingerprint density at radius 1 is 1.43 bits per heavy atom. The molecule has 0 fully saturated rings. The van der Waals surface area contributed by atoms with Gasteiger partial charge in [0.25, 0.3) is 5.91 Å². The number of carbonyl (C=O) groups is 1. The van der Waals surface area contributed by atoms with Crippen molar-refractivity contribution >= 4 is 30.7 Å². The van der Waals surface area contributed by atoms with E-state index in [1.165, 1.54) is 0 Å². The number of primary amides is 1. The van der Waals surface area contributed by atoms with Crippen molar-refractivity contribution in [3.63, 3.8) is 0 Å². The summed E-state index contributed by atoms with van der Waals surface area (Å²) in [7, 11) is 0. The maximum Gasteiger partial charge on any atom is 0.504 e. The highest BCUT2D eigenvalue weighted by Crippen LogP contribution is 2.20. The van der Waals surface area contributed by atoms with E-state index in [1.54, 1.807) is 0 Å². The minimum absolute atomic E-state index is 0. The zero-order valence-electron chi connectivity index (χ0n) is 6.49. The van der Waals surface area contributed by atoms with Crippen LogP contribution in [0.15, 0.2) is 12.4 Å². The Hall–Kier alpha value is -0.950. The van der Waals surface area contributed by atoms with Crippen LogP contribution in [0.25, 0.3) is 0 Å². The van der Waals surface area contributed by atoms with E-state index in [1.807, 2.05) is 0 Å². The fourth-order valence-corrected chi connectivity index (χ4v) is 0.589. The monoisotopic (exact) mass is 251 g/mol. The Bertz CT molecular complexity index is 311. The molecule has 0 aromatic carbocycles. The van der Waals surface area contributed by atoms with Gasteiger partial charge in [-0.15, -0.1) is 38.0 Å². The van der Waals surface area contributed by atoms with Crippen LogP contribution in [-0.4, -0.2) is 15.7 Å². The van der Waals surface area contributed by atoms with E-state index in [9.17, 15) is 18.0 Å². The second-order valence-electron chi connectivity index (χ2n) is 2.01. The highest BCUT2D eigenvalue weighted by Gasteiger charge is 2.31. The van der Waals surface area contributed by atoms with Crippen molar-refractivity contribution in [1.82, 2.24) is 9.78 Å². The van der Waals surface area contributed by atoms with Crippen LogP contribution < -0.4 is 5.73 Å². The van der Waals surface area contributed by atoms with Crippen LogP contribution in [0.4, 0.5) is 13.2 Å². The highest BCUT2D eigenvalue weighted by atomic mass is 35.5. The van der Waals surface area contributed by atoms with Crippen molar-refractivity contribution in [3.8, 4) is 0 Å². The van der Waals surface area contributed by atoms with Gasteiger partial charge < -0.3 is 5.73 Å². The maximum absolute atomic E-state index is 11.8. The number of rotatable bonds is 1. The molecule has 9 heteroatoms. The first-order chi connectivity index (χ1) is 5.41. The summed E-state index contributed by atoms with van der Waals surface area (Å²) in [5.41, 5.74) is 4.44. The molecule has 82 valence electrons. The van der Waals surface area contributed by atoms with Gasteiger partial charge in [-0.1, -0.05) is 0 Å². The third kappa shape index (κ3) is 3.43. The van der Waals surface area contributed by atoms with Crippen LogP contribution in [0.2, 0.25) is 0 Å². The highest BCUT2D eigenvalue weighted by molar-refractivity contribution is 5.92. The molecule has 14 heavy (non-hydrogen) atoms. The summed E-state index contributed by atoms with van der Waals surface area (Å²) < 4.78 is 35.2. The van der Waals surface area contributed by atoms with E-state index >= 15 is 0 Å². The van der Waals surface area contributed by atoms with E-state index < -0.39 is 12.2 Å². The molecule has 0 spiro atoms. The molecule has 0 unspecified atom stereocenters. The lowest BCUT2D eigenvalue weighted by Gasteiger charge is -2.03. The van der Waals surface area contributed by atoms with Gasteiger partial charge >= 0.3 is 6.30 Å². The lowest BCUT2D eigenvalue weighted by atomic mass is 10.4. The van der Waals surface area contributed by atoms with Crippen LogP contribution in [0.3, 0.4) is 0 Å². The largest absolute Gasteiger partial charge is 0.504 e. The second kappa shape index (κ2) is 5.06. The molecule has 1 rings (SSSR count). The molecule has 0 aliphatic carbocycles. The first-order valence-corrected chi connectivity index (χ1v) is 2.83. The molecule has 2 N–H and O–H groups in total. The molecule has 0 aliphatic heterocycles. The summed E-state index contributed by atoms with van der Waals surface area (Å²) in [6.07, 6.45) is -3.31. The van der Waals surface area contributed by atoms with Crippen LogP contribution in [0.5, 0.6) is 0 Å². The molecule has 1 aromatic rings. The van der Waals surface area contributed by atoms with Crippen molar-refractivity contribution in [1.29, 1.82) is 0 Å². The predicted octanol–water partition coefficient (Wildman–Crippen LogP) is 1.30.